The van der Waals surface area contributed by atoms with Gasteiger partial charge in [0, 0.05) is 0 Å². The number of esters is 1. The molecule has 20 heavy (non-hydrogen) atoms. The first-order chi connectivity index (χ1) is 9.69. The van der Waals surface area contributed by atoms with E-state index in [1.165, 1.54) is 10.7 Å². The van der Waals surface area contributed by atoms with Gasteiger partial charge in [-0.15, -0.1) is 0 Å². The molecule has 0 radical (unpaired) electrons. The topological polar surface area (TPSA) is 77.8 Å². The predicted octanol–water partition coefficient (Wildman–Crippen LogP) is 1.37. The average molecular weight is 297 g/mol. The number of imidazole rings is 1. The van der Waals surface area contributed by atoms with Crippen LogP contribution in [-0.2, 0) is 9.47 Å². The second-order valence-corrected chi connectivity index (χ2v) is 4.75. The van der Waals surface area contributed by atoms with Crippen LogP contribution in [0, 0.1) is 0 Å². The Morgan fingerprint density at radius 2 is 2.45 bits per heavy atom. The zero-order chi connectivity index (χ0) is 14.1. The number of aromatic nitrogens is 3. The molecule has 0 unspecified atom stereocenters. The van der Waals surface area contributed by atoms with Crippen molar-refractivity contribution < 1.29 is 14.3 Å². The van der Waals surface area contributed by atoms with E-state index in [0.717, 1.165) is 0 Å². The molecule has 2 aromatic heterocycles. The lowest BCUT2D eigenvalue weighted by Gasteiger charge is -2.28. The van der Waals surface area contributed by atoms with E-state index in [0.29, 0.717) is 41.9 Å². The average Bonchev–Trinajstić information content (AvgIpc) is 2.74. The summed E-state index contributed by atoms with van der Waals surface area (Å²) in [5, 5.41) is 7.66. The van der Waals surface area contributed by atoms with Crippen molar-refractivity contribution in [1.82, 2.24) is 14.6 Å². The van der Waals surface area contributed by atoms with Crippen molar-refractivity contribution in [3.05, 3.63) is 23.1 Å². The Morgan fingerprint density at radius 1 is 1.65 bits per heavy atom. The van der Waals surface area contributed by atoms with Crippen molar-refractivity contribution in [2.75, 3.05) is 25.1 Å². The lowest BCUT2D eigenvalue weighted by molar-refractivity contribution is 0.0210. The molecule has 8 heteroatoms. The van der Waals surface area contributed by atoms with Crippen molar-refractivity contribution in [1.29, 1.82) is 0 Å². The maximum Gasteiger partial charge on any atom is 0.342 e. The molecule has 3 rings (SSSR count). The van der Waals surface area contributed by atoms with Gasteiger partial charge in [-0.25, -0.2) is 14.3 Å². The van der Waals surface area contributed by atoms with Gasteiger partial charge in [0.05, 0.1) is 43.9 Å². The quantitative estimate of drug-likeness (QED) is 0.859. The lowest BCUT2D eigenvalue weighted by Crippen LogP contribution is -2.40. The van der Waals surface area contributed by atoms with Crippen molar-refractivity contribution in [2.24, 2.45) is 0 Å². The number of ether oxygens (including phenoxy) is 2. The zero-order valence-corrected chi connectivity index (χ0v) is 11.6. The van der Waals surface area contributed by atoms with Crippen LogP contribution in [0.3, 0.4) is 0 Å². The number of anilines is 1. The summed E-state index contributed by atoms with van der Waals surface area (Å²) in [5.41, 5.74) is 1.40. The minimum Gasteiger partial charge on any atom is -0.462 e. The highest BCUT2D eigenvalue weighted by molar-refractivity contribution is 6.29. The largest absolute Gasteiger partial charge is 0.462 e. The summed E-state index contributed by atoms with van der Waals surface area (Å²) in [6.07, 6.45) is 3.03. The third-order valence-corrected chi connectivity index (χ3v) is 3.13. The predicted molar refractivity (Wildman–Crippen MR) is 72.2 cm³/mol. The molecule has 0 amide bonds. The molecule has 2 aromatic rings. The molecule has 7 nitrogen and oxygen atoms in total. The second-order valence-electron chi connectivity index (χ2n) is 4.36. The fourth-order valence-corrected chi connectivity index (χ4v) is 2.11. The number of nitrogens with zero attached hydrogens (tertiary/aromatic N) is 3. The van der Waals surface area contributed by atoms with Gasteiger partial charge >= 0.3 is 5.97 Å². The SMILES string of the molecule is CCOC(=O)c1cnn2cc(Cl)nc2c1NC1COC1. The van der Waals surface area contributed by atoms with Gasteiger partial charge in [0.15, 0.2) is 5.65 Å². The molecule has 1 aliphatic rings. The molecule has 0 aromatic carbocycles. The van der Waals surface area contributed by atoms with Gasteiger partial charge in [-0.1, -0.05) is 11.6 Å². The van der Waals surface area contributed by atoms with E-state index in [9.17, 15) is 4.79 Å². The molecule has 3 heterocycles. The third kappa shape index (κ3) is 2.30. The molecule has 0 spiro atoms. The summed E-state index contributed by atoms with van der Waals surface area (Å²) in [6, 6.07) is 0.143. The number of carbonyl (C=O) groups excluding carboxylic acids is 1. The maximum atomic E-state index is 12.0. The molecule has 106 valence electrons. The van der Waals surface area contributed by atoms with E-state index in [4.69, 9.17) is 21.1 Å². The van der Waals surface area contributed by atoms with E-state index in [-0.39, 0.29) is 6.04 Å². The Bertz CT molecular complexity index is 653. The van der Waals surface area contributed by atoms with E-state index < -0.39 is 5.97 Å². The van der Waals surface area contributed by atoms with Gasteiger partial charge < -0.3 is 14.8 Å². The maximum absolute atomic E-state index is 12.0. The van der Waals surface area contributed by atoms with E-state index in [2.05, 4.69) is 15.4 Å². The van der Waals surface area contributed by atoms with Crippen LogP contribution in [0.25, 0.3) is 5.65 Å². The van der Waals surface area contributed by atoms with Gasteiger partial charge in [0.1, 0.15) is 10.7 Å². The molecule has 0 atom stereocenters. The summed E-state index contributed by atoms with van der Waals surface area (Å²) in [4.78, 5) is 16.2. The van der Waals surface area contributed by atoms with Crippen molar-refractivity contribution in [3.8, 4) is 0 Å². The normalized spacial score (nSPS) is 15.1. The molecule has 0 aliphatic carbocycles. The summed E-state index contributed by atoms with van der Waals surface area (Å²) in [6.45, 7) is 3.23. The highest BCUT2D eigenvalue weighted by Crippen LogP contribution is 2.25. The molecule has 1 N–H and O–H groups in total. The molecular formula is C12H13ClN4O3. The van der Waals surface area contributed by atoms with Crippen LogP contribution < -0.4 is 5.32 Å². The first-order valence-electron chi connectivity index (χ1n) is 6.24. The Balaban J connectivity index is 2.06. The van der Waals surface area contributed by atoms with Gasteiger partial charge in [-0.05, 0) is 6.92 Å². The lowest BCUT2D eigenvalue weighted by atomic mass is 10.2. The van der Waals surface area contributed by atoms with E-state index >= 15 is 0 Å². The first-order valence-corrected chi connectivity index (χ1v) is 6.62. The number of halogens is 1. The van der Waals surface area contributed by atoms with Crippen molar-refractivity contribution in [2.45, 2.75) is 13.0 Å². The monoisotopic (exact) mass is 296 g/mol. The van der Waals surface area contributed by atoms with Gasteiger partial charge in [0.2, 0.25) is 0 Å². The van der Waals surface area contributed by atoms with Crippen LogP contribution in [0.5, 0.6) is 0 Å². The van der Waals surface area contributed by atoms with Gasteiger partial charge in [0.25, 0.3) is 0 Å². The Morgan fingerprint density at radius 3 is 3.10 bits per heavy atom. The molecular weight excluding hydrogens is 284 g/mol. The third-order valence-electron chi connectivity index (χ3n) is 2.94. The number of nitrogens with one attached hydrogen (secondary N) is 1. The fourth-order valence-electron chi connectivity index (χ4n) is 1.94. The number of fused-ring (bicyclic) bond motifs is 1. The summed E-state index contributed by atoms with van der Waals surface area (Å²) in [7, 11) is 0. The molecule has 1 aliphatic heterocycles. The standard InChI is InChI=1S/C12H13ClN4O3/c1-2-20-12(18)8-3-14-17-4-9(13)16-11(17)10(8)15-7-5-19-6-7/h3-4,7,15H,2,5-6H2,1H3. The fraction of sp³-hybridized carbons (Fsp3) is 0.417. The van der Waals surface area contributed by atoms with E-state index in [1.54, 1.807) is 13.1 Å². The summed E-state index contributed by atoms with van der Waals surface area (Å²) >= 11 is 5.89. The van der Waals surface area contributed by atoms with Crippen molar-refractivity contribution in [3.63, 3.8) is 0 Å². The number of hydrogen-bond donors (Lipinski definition) is 1. The second kappa shape index (κ2) is 5.26. The number of carbonyl (C=O) groups is 1. The van der Waals surface area contributed by atoms with Crippen LogP contribution in [0.15, 0.2) is 12.4 Å². The summed E-state index contributed by atoms with van der Waals surface area (Å²) < 4.78 is 11.7. The Hall–Kier alpha value is -1.86. The van der Waals surface area contributed by atoms with Gasteiger partial charge in [-0.3, -0.25) is 0 Å². The zero-order valence-electron chi connectivity index (χ0n) is 10.8. The first kappa shape index (κ1) is 13.1. The van der Waals surface area contributed by atoms with Crippen LogP contribution >= 0.6 is 11.6 Å². The molecule has 0 saturated carbocycles. The molecule has 1 saturated heterocycles. The van der Waals surface area contributed by atoms with Gasteiger partial charge in [-0.2, -0.15) is 5.10 Å². The Labute approximate surface area is 119 Å². The van der Waals surface area contributed by atoms with Crippen molar-refractivity contribution >= 4 is 28.9 Å². The molecule has 0 bridgehead atoms. The minimum absolute atomic E-state index is 0.143. The highest BCUT2D eigenvalue weighted by Gasteiger charge is 2.24. The van der Waals surface area contributed by atoms with Crippen LogP contribution in [0.1, 0.15) is 17.3 Å². The minimum atomic E-state index is -0.440. The number of hydrogen-bond acceptors (Lipinski definition) is 6. The van der Waals surface area contributed by atoms with Crippen LogP contribution in [0.4, 0.5) is 5.69 Å². The summed E-state index contributed by atoms with van der Waals surface area (Å²) in [5.74, 6) is -0.440. The highest BCUT2D eigenvalue weighted by atomic mass is 35.5. The Kier molecular flexibility index (Phi) is 3.45. The van der Waals surface area contributed by atoms with Crippen LogP contribution in [0.2, 0.25) is 5.15 Å². The smallest absolute Gasteiger partial charge is 0.342 e. The van der Waals surface area contributed by atoms with E-state index in [1.807, 2.05) is 0 Å². The number of rotatable bonds is 4. The van der Waals surface area contributed by atoms with Crippen LogP contribution in [-0.4, -0.2) is 46.4 Å². The molecule has 1 fully saturated rings.